The summed E-state index contributed by atoms with van der Waals surface area (Å²) in [4.78, 5) is 12.3. The van der Waals surface area contributed by atoms with Crippen molar-refractivity contribution in [2.75, 3.05) is 19.4 Å². The van der Waals surface area contributed by atoms with E-state index < -0.39 is 0 Å². The maximum atomic E-state index is 13.7. The molecule has 2 aromatic carbocycles. The molecule has 0 heterocycles. The highest BCUT2D eigenvalue weighted by Crippen LogP contribution is 2.19. The standard InChI is InChI=1S/C19H22FNO2S/c1-24-13-17-11-15(7-8-18(17)20)19(23)21-12-16(9-10-22)14-5-3-2-4-6-14/h2-8,11,16,22H,9-10,12-13H2,1H3,(H,21,23). The highest BCUT2D eigenvalue weighted by molar-refractivity contribution is 7.97. The Morgan fingerprint density at radius 3 is 2.67 bits per heavy atom. The monoisotopic (exact) mass is 347 g/mol. The molecule has 0 bridgehead atoms. The van der Waals surface area contributed by atoms with Crippen LogP contribution < -0.4 is 5.32 Å². The molecule has 0 aliphatic carbocycles. The third-order valence-electron chi connectivity index (χ3n) is 3.87. The number of carbonyl (C=O) groups excluding carboxylic acids is 1. The second kappa shape index (κ2) is 9.45. The van der Waals surface area contributed by atoms with Crippen LogP contribution in [0.1, 0.15) is 33.8 Å². The fourth-order valence-corrected chi connectivity index (χ4v) is 3.10. The van der Waals surface area contributed by atoms with E-state index in [1.54, 1.807) is 6.07 Å². The summed E-state index contributed by atoms with van der Waals surface area (Å²) in [6.07, 6.45) is 2.47. The van der Waals surface area contributed by atoms with Crippen molar-refractivity contribution in [3.8, 4) is 0 Å². The second-order valence-corrected chi connectivity index (χ2v) is 6.44. The van der Waals surface area contributed by atoms with E-state index in [9.17, 15) is 14.3 Å². The van der Waals surface area contributed by atoms with E-state index in [0.717, 1.165) is 5.56 Å². The van der Waals surface area contributed by atoms with Crippen LogP contribution in [0.2, 0.25) is 0 Å². The van der Waals surface area contributed by atoms with Gasteiger partial charge in [0.25, 0.3) is 5.91 Å². The SMILES string of the molecule is CSCc1cc(C(=O)NCC(CCO)c2ccccc2)ccc1F. The second-order valence-electron chi connectivity index (χ2n) is 5.57. The fourth-order valence-electron chi connectivity index (χ4n) is 2.57. The highest BCUT2D eigenvalue weighted by atomic mass is 32.2. The van der Waals surface area contributed by atoms with Crippen LogP contribution in [0.15, 0.2) is 48.5 Å². The van der Waals surface area contributed by atoms with Gasteiger partial charge in [-0.3, -0.25) is 4.79 Å². The molecule has 0 aliphatic heterocycles. The Kier molecular flexibility index (Phi) is 7.28. The number of aliphatic hydroxyl groups is 1. The molecule has 1 unspecified atom stereocenters. The molecular weight excluding hydrogens is 325 g/mol. The molecule has 1 amide bonds. The topological polar surface area (TPSA) is 49.3 Å². The van der Waals surface area contributed by atoms with Gasteiger partial charge in [-0.1, -0.05) is 30.3 Å². The van der Waals surface area contributed by atoms with Crippen molar-refractivity contribution >= 4 is 17.7 Å². The van der Waals surface area contributed by atoms with Crippen LogP contribution in [0.4, 0.5) is 4.39 Å². The Balaban J connectivity index is 2.04. The molecule has 0 radical (unpaired) electrons. The zero-order chi connectivity index (χ0) is 17.4. The number of rotatable bonds is 8. The Morgan fingerprint density at radius 2 is 2.00 bits per heavy atom. The third kappa shape index (κ3) is 5.08. The minimum atomic E-state index is -0.289. The van der Waals surface area contributed by atoms with Crippen molar-refractivity contribution < 1.29 is 14.3 Å². The summed E-state index contributed by atoms with van der Waals surface area (Å²) in [7, 11) is 0. The van der Waals surface area contributed by atoms with Gasteiger partial charge in [-0.15, -0.1) is 0 Å². The van der Waals surface area contributed by atoms with Gasteiger partial charge in [0.2, 0.25) is 0 Å². The van der Waals surface area contributed by atoms with Gasteiger partial charge in [0.15, 0.2) is 0 Å². The van der Waals surface area contributed by atoms with E-state index in [2.05, 4.69) is 5.32 Å². The van der Waals surface area contributed by atoms with Crippen molar-refractivity contribution in [1.29, 1.82) is 0 Å². The summed E-state index contributed by atoms with van der Waals surface area (Å²) in [6, 6.07) is 14.2. The van der Waals surface area contributed by atoms with E-state index in [0.29, 0.717) is 29.8 Å². The van der Waals surface area contributed by atoms with Crippen LogP contribution in [0, 0.1) is 5.82 Å². The van der Waals surface area contributed by atoms with Gasteiger partial charge in [0.05, 0.1) is 0 Å². The van der Waals surface area contributed by atoms with E-state index in [-0.39, 0.29) is 24.2 Å². The molecule has 0 saturated carbocycles. The van der Waals surface area contributed by atoms with Crippen molar-refractivity contribution in [3.63, 3.8) is 0 Å². The lowest BCUT2D eigenvalue weighted by Crippen LogP contribution is -2.29. The molecule has 1 atom stereocenters. The smallest absolute Gasteiger partial charge is 0.251 e. The number of thioether (sulfide) groups is 1. The van der Waals surface area contributed by atoms with Crippen LogP contribution in [-0.2, 0) is 5.75 Å². The molecule has 2 rings (SSSR count). The lowest BCUT2D eigenvalue weighted by atomic mass is 9.96. The van der Waals surface area contributed by atoms with Crippen molar-refractivity contribution in [2.24, 2.45) is 0 Å². The van der Waals surface area contributed by atoms with Crippen LogP contribution in [0.3, 0.4) is 0 Å². The summed E-state index contributed by atoms with van der Waals surface area (Å²) in [5, 5.41) is 12.1. The fraction of sp³-hybridized carbons (Fsp3) is 0.316. The van der Waals surface area contributed by atoms with E-state index >= 15 is 0 Å². The number of carbonyl (C=O) groups is 1. The summed E-state index contributed by atoms with van der Waals surface area (Å²) in [5.41, 5.74) is 2.07. The predicted molar refractivity (Wildman–Crippen MR) is 96.8 cm³/mol. The average Bonchev–Trinajstić information content (AvgIpc) is 2.61. The minimum Gasteiger partial charge on any atom is -0.396 e. The van der Waals surface area contributed by atoms with E-state index in [4.69, 9.17) is 0 Å². The first-order valence-corrected chi connectivity index (χ1v) is 9.26. The maximum absolute atomic E-state index is 13.7. The number of hydrogen-bond donors (Lipinski definition) is 2. The molecule has 2 N–H and O–H groups in total. The average molecular weight is 347 g/mol. The van der Waals surface area contributed by atoms with Crippen LogP contribution in [0.25, 0.3) is 0 Å². The maximum Gasteiger partial charge on any atom is 0.251 e. The first-order valence-electron chi connectivity index (χ1n) is 7.87. The number of benzene rings is 2. The molecule has 5 heteroatoms. The number of nitrogens with one attached hydrogen (secondary N) is 1. The van der Waals surface area contributed by atoms with Gasteiger partial charge < -0.3 is 10.4 Å². The van der Waals surface area contributed by atoms with Crippen LogP contribution >= 0.6 is 11.8 Å². The number of aliphatic hydroxyl groups excluding tert-OH is 1. The zero-order valence-electron chi connectivity index (χ0n) is 13.7. The van der Waals surface area contributed by atoms with Gasteiger partial charge in [-0.2, -0.15) is 11.8 Å². The number of halogens is 1. The predicted octanol–water partition coefficient (Wildman–Crippen LogP) is 3.58. The molecule has 24 heavy (non-hydrogen) atoms. The van der Waals surface area contributed by atoms with Gasteiger partial charge in [0, 0.05) is 30.4 Å². The molecular formula is C19H22FNO2S. The Hall–Kier alpha value is -1.85. The van der Waals surface area contributed by atoms with Crippen molar-refractivity contribution in [2.45, 2.75) is 18.1 Å². The van der Waals surface area contributed by atoms with E-state index in [1.807, 2.05) is 36.6 Å². The molecule has 3 nitrogen and oxygen atoms in total. The van der Waals surface area contributed by atoms with Gasteiger partial charge >= 0.3 is 0 Å². The Labute approximate surface area is 146 Å². The van der Waals surface area contributed by atoms with Crippen LogP contribution in [-0.4, -0.2) is 30.4 Å². The Bertz CT molecular complexity index is 664. The Morgan fingerprint density at radius 1 is 1.25 bits per heavy atom. The molecule has 2 aromatic rings. The molecule has 0 spiro atoms. The lowest BCUT2D eigenvalue weighted by molar-refractivity contribution is 0.0949. The normalized spacial score (nSPS) is 12.0. The summed E-state index contributed by atoms with van der Waals surface area (Å²) < 4.78 is 13.7. The molecule has 0 saturated heterocycles. The molecule has 128 valence electrons. The molecule has 0 aromatic heterocycles. The van der Waals surface area contributed by atoms with Crippen LogP contribution in [0.5, 0.6) is 0 Å². The summed E-state index contributed by atoms with van der Waals surface area (Å²) in [5.74, 6) is 0.0650. The van der Waals surface area contributed by atoms with Gasteiger partial charge in [-0.25, -0.2) is 4.39 Å². The number of amides is 1. The quantitative estimate of drug-likeness (QED) is 0.767. The highest BCUT2D eigenvalue weighted by Gasteiger charge is 2.14. The molecule has 0 aliphatic rings. The third-order valence-corrected chi connectivity index (χ3v) is 4.46. The first-order chi connectivity index (χ1) is 11.7. The minimum absolute atomic E-state index is 0.0475. The van der Waals surface area contributed by atoms with Gasteiger partial charge in [0.1, 0.15) is 5.82 Å². The summed E-state index contributed by atoms with van der Waals surface area (Å²) >= 11 is 1.51. The van der Waals surface area contributed by atoms with Crippen molar-refractivity contribution in [1.82, 2.24) is 5.32 Å². The lowest BCUT2D eigenvalue weighted by Gasteiger charge is -2.17. The number of hydrogen-bond acceptors (Lipinski definition) is 3. The first kappa shape index (κ1) is 18.5. The zero-order valence-corrected chi connectivity index (χ0v) is 14.5. The van der Waals surface area contributed by atoms with E-state index in [1.165, 1.54) is 23.9 Å². The molecule has 0 fully saturated rings. The van der Waals surface area contributed by atoms with Crippen molar-refractivity contribution in [3.05, 3.63) is 71.0 Å². The summed E-state index contributed by atoms with van der Waals surface area (Å²) in [6.45, 7) is 0.489. The largest absolute Gasteiger partial charge is 0.396 e. The van der Waals surface area contributed by atoms with Gasteiger partial charge in [-0.05, 0) is 42.0 Å².